The number of hydrogen-bond acceptors (Lipinski definition) is 1. The molecule has 1 atom stereocenters. The smallest absolute Gasteiger partial charge is 0.0618 e. The maximum atomic E-state index is 5.79. The third kappa shape index (κ3) is 2.16. The Morgan fingerprint density at radius 3 is 2.86 bits per heavy atom. The highest BCUT2D eigenvalue weighted by atomic mass is 16.5. The van der Waals surface area contributed by atoms with E-state index in [-0.39, 0.29) is 0 Å². The molecule has 0 radical (unpaired) electrons. The van der Waals surface area contributed by atoms with Gasteiger partial charge in [-0.15, -0.1) is 0 Å². The van der Waals surface area contributed by atoms with Crippen LogP contribution in [0.1, 0.15) is 30.9 Å². The Morgan fingerprint density at radius 1 is 1.29 bits per heavy atom. The van der Waals surface area contributed by atoms with E-state index in [0.717, 1.165) is 19.4 Å². The highest BCUT2D eigenvalue weighted by Crippen LogP contribution is 2.22. The molecule has 1 heteroatoms. The van der Waals surface area contributed by atoms with Crippen LogP contribution in [0.25, 0.3) is 0 Å². The minimum atomic E-state index is 0.463. The molecule has 0 fully saturated rings. The van der Waals surface area contributed by atoms with E-state index in [0.29, 0.717) is 6.10 Å². The molecule has 0 aromatic heterocycles. The van der Waals surface area contributed by atoms with Crippen LogP contribution in [-0.2, 0) is 17.6 Å². The Morgan fingerprint density at radius 2 is 2.07 bits per heavy atom. The van der Waals surface area contributed by atoms with Gasteiger partial charge < -0.3 is 4.74 Å². The van der Waals surface area contributed by atoms with E-state index >= 15 is 0 Å². The average Bonchev–Trinajstić information content (AvgIpc) is 2.26. The second-order valence-corrected chi connectivity index (χ2v) is 4.00. The fourth-order valence-corrected chi connectivity index (χ4v) is 2.09. The van der Waals surface area contributed by atoms with E-state index in [1.807, 2.05) is 0 Å². The van der Waals surface area contributed by atoms with Crippen LogP contribution in [0.3, 0.4) is 0 Å². The first kappa shape index (κ1) is 9.72. The maximum absolute atomic E-state index is 5.79. The normalized spacial score (nSPS) is 20.5. The van der Waals surface area contributed by atoms with E-state index in [9.17, 15) is 0 Å². The molecule has 1 aromatic rings. The first-order valence-corrected chi connectivity index (χ1v) is 5.58. The number of fused-ring (bicyclic) bond motifs is 1. The third-order valence-electron chi connectivity index (χ3n) is 2.86. The fraction of sp³-hybridized carbons (Fsp3) is 0.538. The number of aryl methyl sites for hydroxylation is 1. The van der Waals surface area contributed by atoms with Crippen molar-refractivity contribution >= 4 is 0 Å². The van der Waals surface area contributed by atoms with Gasteiger partial charge in [0.25, 0.3) is 0 Å². The Hall–Kier alpha value is -0.820. The topological polar surface area (TPSA) is 9.23 Å². The Kier molecular flexibility index (Phi) is 3.20. The zero-order valence-corrected chi connectivity index (χ0v) is 8.83. The highest BCUT2D eigenvalue weighted by Gasteiger charge is 2.17. The van der Waals surface area contributed by atoms with Gasteiger partial charge in [-0.05, 0) is 36.8 Å². The predicted molar refractivity (Wildman–Crippen MR) is 58.5 cm³/mol. The number of ether oxygens (including phenoxy) is 1. The van der Waals surface area contributed by atoms with Crippen LogP contribution in [0.15, 0.2) is 24.3 Å². The van der Waals surface area contributed by atoms with Crippen molar-refractivity contribution < 1.29 is 4.74 Å². The summed E-state index contributed by atoms with van der Waals surface area (Å²) in [5, 5.41) is 0. The molecule has 1 unspecified atom stereocenters. The summed E-state index contributed by atoms with van der Waals surface area (Å²) in [6, 6.07) is 8.73. The Labute approximate surface area is 86.1 Å². The molecular formula is C13H18O. The van der Waals surface area contributed by atoms with E-state index in [1.165, 1.54) is 24.0 Å². The van der Waals surface area contributed by atoms with Crippen LogP contribution in [0.4, 0.5) is 0 Å². The molecule has 76 valence electrons. The van der Waals surface area contributed by atoms with Crippen LogP contribution in [0.5, 0.6) is 0 Å². The lowest BCUT2D eigenvalue weighted by molar-refractivity contribution is 0.0446. The van der Waals surface area contributed by atoms with Gasteiger partial charge in [0.2, 0.25) is 0 Å². The lowest BCUT2D eigenvalue weighted by Crippen LogP contribution is -2.22. The van der Waals surface area contributed by atoms with Gasteiger partial charge in [0.05, 0.1) is 6.10 Å². The Bertz CT molecular complexity index is 293. The van der Waals surface area contributed by atoms with Gasteiger partial charge in [-0.25, -0.2) is 0 Å². The average molecular weight is 190 g/mol. The molecule has 1 nitrogen and oxygen atoms in total. The second kappa shape index (κ2) is 4.61. The molecule has 0 saturated carbocycles. The lowest BCUT2D eigenvalue weighted by atomic mass is 9.90. The molecule has 0 aliphatic heterocycles. The summed E-state index contributed by atoms with van der Waals surface area (Å²) in [7, 11) is 0. The molecule has 0 N–H and O–H groups in total. The molecular weight excluding hydrogens is 172 g/mol. The minimum Gasteiger partial charge on any atom is -0.378 e. The summed E-state index contributed by atoms with van der Waals surface area (Å²) >= 11 is 0. The second-order valence-electron chi connectivity index (χ2n) is 4.00. The monoisotopic (exact) mass is 190 g/mol. The van der Waals surface area contributed by atoms with E-state index in [4.69, 9.17) is 4.74 Å². The summed E-state index contributed by atoms with van der Waals surface area (Å²) in [6.45, 7) is 3.07. The predicted octanol–water partition coefficient (Wildman–Crippen LogP) is 2.97. The van der Waals surface area contributed by atoms with Gasteiger partial charge in [0.1, 0.15) is 0 Å². The number of hydrogen-bond donors (Lipinski definition) is 0. The zero-order chi connectivity index (χ0) is 9.80. The minimum absolute atomic E-state index is 0.463. The molecule has 1 aliphatic carbocycles. The van der Waals surface area contributed by atoms with Crippen molar-refractivity contribution in [2.75, 3.05) is 6.61 Å². The first-order valence-electron chi connectivity index (χ1n) is 5.58. The lowest BCUT2D eigenvalue weighted by Gasteiger charge is -2.24. The molecule has 1 aliphatic rings. The van der Waals surface area contributed by atoms with Gasteiger partial charge in [-0.2, -0.15) is 0 Å². The molecule has 0 heterocycles. The summed E-state index contributed by atoms with van der Waals surface area (Å²) < 4.78 is 5.79. The van der Waals surface area contributed by atoms with E-state index in [1.54, 1.807) is 0 Å². The Balaban J connectivity index is 1.99. The van der Waals surface area contributed by atoms with Crippen LogP contribution < -0.4 is 0 Å². The van der Waals surface area contributed by atoms with Gasteiger partial charge in [0, 0.05) is 6.61 Å². The number of rotatable bonds is 3. The quantitative estimate of drug-likeness (QED) is 0.712. The van der Waals surface area contributed by atoms with Gasteiger partial charge in [0.15, 0.2) is 0 Å². The van der Waals surface area contributed by atoms with Crippen LogP contribution in [0.2, 0.25) is 0 Å². The summed E-state index contributed by atoms with van der Waals surface area (Å²) in [5.41, 5.74) is 3.00. The van der Waals surface area contributed by atoms with Gasteiger partial charge in [-0.1, -0.05) is 31.2 Å². The molecule has 14 heavy (non-hydrogen) atoms. The standard InChI is InChI=1S/C13H18O/c1-2-9-14-13-8-7-11-5-3-4-6-12(11)10-13/h3-6,13H,2,7-10H2,1H3. The largest absolute Gasteiger partial charge is 0.378 e. The summed E-state index contributed by atoms with van der Waals surface area (Å²) in [5.74, 6) is 0. The molecule has 0 bridgehead atoms. The molecule has 0 amide bonds. The summed E-state index contributed by atoms with van der Waals surface area (Å²) in [4.78, 5) is 0. The van der Waals surface area contributed by atoms with Crippen molar-refractivity contribution in [2.45, 2.75) is 38.7 Å². The van der Waals surface area contributed by atoms with Crippen LogP contribution >= 0.6 is 0 Å². The molecule has 0 spiro atoms. The molecule has 2 rings (SSSR count). The molecule has 0 saturated heterocycles. The zero-order valence-electron chi connectivity index (χ0n) is 8.83. The van der Waals surface area contributed by atoms with Crippen LogP contribution in [-0.4, -0.2) is 12.7 Å². The van der Waals surface area contributed by atoms with Crippen molar-refractivity contribution in [1.29, 1.82) is 0 Å². The first-order chi connectivity index (χ1) is 6.90. The fourth-order valence-electron chi connectivity index (χ4n) is 2.09. The van der Waals surface area contributed by atoms with Crippen molar-refractivity contribution in [3.63, 3.8) is 0 Å². The van der Waals surface area contributed by atoms with E-state index < -0.39 is 0 Å². The molecule has 1 aromatic carbocycles. The van der Waals surface area contributed by atoms with Gasteiger partial charge in [-0.3, -0.25) is 0 Å². The van der Waals surface area contributed by atoms with E-state index in [2.05, 4.69) is 31.2 Å². The highest BCUT2D eigenvalue weighted by molar-refractivity contribution is 5.29. The number of benzene rings is 1. The SMILES string of the molecule is CCCOC1CCc2ccccc2C1. The van der Waals surface area contributed by atoms with Gasteiger partial charge >= 0.3 is 0 Å². The van der Waals surface area contributed by atoms with Crippen LogP contribution in [0, 0.1) is 0 Å². The van der Waals surface area contributed by atoms with Crippen molar-refractivity contribution in [2.24, 2.45) is 0 Å². The van der Waals surface area contributed by atoms with Crippen molar-refractivity contribution in [1.82, 2.24) is 0 Å². The van der Waals surface area contributed by atoms with Crippen molar-refractivity contribution in [3.8, 4) is 0 Å². The maximum Gasteiger partial charge on any atom is 0.0618 e. The summed E-state index contributed by atoms with van der Waals surface area (Å²) in [6.07, 6.45) is 5.07. The third-order valence-corrected chi connectivity index (χ3v) is 2.86. The van der Waals surface area contributed by atoms with Crippen molar-refractivity contribution in [3.05, 3.63) is 35.4 Å².